The normalized spacial score (nSPS) is 21.3. The topological polar surface area (TPSA) is 72.9 Å². The number of ether oxygens (including phenoxy) is 1. The third kappa shape index (κ3) is 6.89. The van der Waals surface area contributed by atoms with E-state index in [1.807, 2.05) is 0 Å². The highest BCUT2D eigenvalue weighted by molar-refractivity contribution is 7.85. The lowest BCUT2D eigenvalue weighted by molar-refractivity contribution is -0.149. The molecule has 0 saturated carbocycles. The second-order valence-electron chi connectivity index (χ2n) is 4.77. The molecule has 1 fully saturated rings. The summed E-state index contributed by atoms with van der Waals surface area (Å²) in [5.41, 5.74) is 0. The lowest BCUT2D eigenvalue weighted by Crippen LogP contribution is -2.40. The van der Waals surface area contributed by atoms with E-state index in [0.29, 0.717) is 19.6 Å². The van der Waals surface area contributed by atoms with Crippen LogP contribution in [0.5, 0.6) is 0 Å². The summed E-state index contributed by atoms with van der Waals surface area (Å²) in [4.78, 5) is 13.8. The van der Waals surface area contributed by atoms with Crippen molar-refractivity contribution >= 4 is 16.1 Å². The van der Waals surface area contributed by atoms with Crippen molar-refractivity contribution in [2.75, 3.05) is 39.1 Å². The molecule has 0 aromatic heterocycles. The Labute approximate surface area is 115 Å². The molecule has 0 radical (unpaired) electrons. The molecule has 0 bridgehead atoms. The van der Waals surface area contributed by atoms with Gasteiger partial charge >= 0.3 is 5.97 Å². The van der Waals surface area contributed by atoms with Crippen molar-refractivity contribution < 1.29 is 22.1 Å². The lowest BCUT2D eigenvalue weighted by atomic mass is 9.98. The minimum absolute atomic E-state index is 0.0514. The van der Waals surface area contributed by atoms with Gasteiger partial charge < -0.3 is 9.64 Å². The molecule has 1 aliphatic heterocycles. The molecule has 19 heavy (non-hydrogen) atoms. The van der Waals surface area contributed by atoms with Crippen molar-refractivity contribution in [1.29, 1.82) is 0 Å². The first-order chi connectivity index (χ1) is 8.92. The summed E-state index contributed by atoms with van der Waals surface area (Å²) >= 11 is 0. The zero-order chi connectivity index (χ0) is 14.3. The van der Waals surface area contributed by atoms with Crippen molar-refractivity contribution in [2.45, 2.75) is 26.2 Å². The zero-order valence-electron chi connectivity index (χ0n) is 11.6. The van der Waals surface area contributed by atoms with Gasteiger partial charge in [-0.1, -0.05) is 0 Å². The van der Waals surface area contributed by atoms with Gasteiger partial charge in [0.25, 0.3) is 10.1 Å². The molecule has 0 spiro atoms. The molecule has 1 aliphatic rings. The second kappa shape index (κ2) is 7.81. The van der Waals surface area contributed by atoms with Crippen LogP contribution in [0.4, 0.5) is 0 Å². The van der Waals surface area contributed by atoms with Crippen molar-refractivity contribution in [3.05, 3.63) is 0 Å². The van der Waals surface area contributed by atoms with Crippen LogP contribution in [0.15, 0.2) is 0 Å². The maximum Gasteiger partial charge on any atom is 0.310 e. The molecule has 1 rings (SSSR count). The summed E-state index contributed by atoms with van der Waals surface area (Å²) in [5, 5.41) is 0. The molecule has 112 valence electrons. The van der Waals surface area contributed by atoms with E-state index in [4.69, 9.17) is 4.74 Å². The number of hydrogen-bond acceptors (Lipinski definition) is 6. The molecule has 7 heteroatoms. The molecule has 6 nitrogen and oxygen atoms in total. The number of piperidine rings is 1. The quantitative estimate of drug-likeness (QED) is 0.389. The first-order valence-corrected chi connectivity index (χ1v) is 8.47. The summed E-state index contributed by atoms with van der Waals surface area (Å²) in [6, 6.07) is 0. The first kappa shape index (κ1) is 16.4. The van der Waals surface area contributed by atoms with Gasteiger partial charge in [-0.25, -0.2) is 0 Å². The molecule has 1 unspecified atom stereocenters. The standard InChI is InChI=1S/C12H23NO5S/c1-3-17-12(14)11-6-4-7-13(10-11)8-5-9-18-19(2,15)16/h11H,3-10H2,1-2H3. The highest BCUT2D eigenvalue weighted by Crippen LogP contribution is 2.18. The van der Waals surface area contributed by atoms with E-state index in [1.165, 1.54) is 0 Å². The second-order valence-corrected chi connectivity index (χ2v) is 6.42. The summed E-state index contributed by atoms with van der Waals surface area (Å²) < 4.78 is 31.3. The number of nitrogens with zero attached hydrogens (tertiary/aromatic N) is 1. The maximum absolute atomic E-state index is 11.7. The molecule has 1 saturated heterocycles. The van der Waals surface area contributed by atoms with Crippen LogP contribution < -0.4 is 0 Å². The van der Waals surface area contributed by atoms with E-state index < -0.39 is 10.1 Å². The van der Waals surface area contributed by atoms with Crippen LogP contribution in [-0.4, -0.2) is 58.4 Å². The minimum atomic E-state index is -3.35. The summed E-state index contributed by atoms with van der Waals surface area (Å²) in [6.07, 6.45) is 3.53. The Morgan fingerprint density at radius 1 is 1.42 bits per heavy atom. The fourth-order valence-corrected chi connectivity index (χ4v) is 2.63. The predicted molar refractivity (Wildman–Crippen MR) is 71.2 cm³/mol. The number of esters is 1. The fourth-order valence-electron chi connectivity index (χ4n) is 2.21. The Bertz CT molecular complexity index is 382. The fraction of sp³-hybridized carbons (Fsp3) is 0.917. The van der Waals surface area contributed by atoms with Gasteiger partial charge in [0.2, 0.25) is 0 Å². The minimum Gasteiger partial charge on any atom is -0.466 e. The Morgan fingerprint density at radius 3 is 2.79 bits per heavy atom. The Hall–Kier alpha value is -0.660. The highest BCUT2D eigenvalue weighted by atomic mass is 32.2. The Morgan fingerprint density at radius 2 is 2.16 bits per heavy atom. The molecule has 0 aliphatic carbocycles. The Kier molecular flexibility index (Phi) is 6.74. The van der Waals surface area contributed by atoms with Crippen LogP contribution in [0, 0.1) is 5.92 Å². The molecule has 1 heterocycles. The lowest BCUT2D eigenvalue weighted by Gasteiger charge is -2.31. The molecular formula is C12H23NO5S. The van der Waals surface area contributed by atoms with E-state index in [-0.39, 0.29) is 18.5 Å². The maximum atomic E-state index is 11.7. The van der Waals surface area contributed by atoms with Crippen LogP contribution in [-0.2, 0) is 23.8 Å². The molecule has 0 aromatic rings. The van der Waals surface area contributed by atoms with Crippen LogP contribution in [0.1, 0.15) is 26.2 Å². The largest absolute Gasteiger partial charge is 0.466 e. The molecule has 0 N–H and O–H groups in total. The van der Waals surface area contributed by atoms with Crippen LogP contribution in [0.25, 0.3) is 0 Å². The van der Waals surface area contributed by atoms with Crippen molar-refractivity contribution in [1.82, 2.24) is 4.90 Å². The summed E-state index contributed by atoms with van der Waals surface area (Å²) in [6.45, 7) is 4.79. The average molecular weight is 293 g/mol. The van der Waals surface area contributed by atoms with E-state index >= 15 is 0 Å². The third-order valence-electron chi connectivity index (χ3n) is 3.04. The molecule has 0 aromatic carbocycles. The number of carbonyl (C=O) groups is 1. The van der Waals surface area contributed by atoms with Gasteiger partial charge in [0, 0.05) is 13.1 Å². The number of hydrogen-bond donors (Lipinski definition) is 0. The van der Waals surface area contributed by atoms with Crippen LogP contribution in [0.2, 0.25) is 0 Å². The van der Waals surface area contributed by atoms with Crippen LogP contribution in [0.3, 0.4) is 0 Å². The van der Waals surface area contributed by atoms with Gasteiger partial charge in [-0.3, -0.25) is 8.98 Å². The first-order valence-electron chi connectivity index (χ1n) is 6.65. The number of rotatable bonds is 7. The molecule has 0 amide bonds. The Balaban J connectivity index is 2.25. The zero-order valence-corrected chi connectivity index (χ0v) is 12.4. The van der Waals surface area contributed by atoms with Crippen LogP contribution >= 0.6 is 0 Å². The summed E-state index contributed by atoms with van der Waals surface area (Å²) in [5.74, 6) is -0.177. The SMILES string of the molecule is CCOC(=O)C1CCCN(CCCOS(C)(=O)=O)C1. The molecular weight excluding hydrogens is 270 g/mol. The van der Waals surface area contributed by atoms with Gasteiger partial charge in [-0.2, -0.15) is 8.42 Å². The number of carbonyl (C=O) groups excluding carboxylic acids is 1. The van der Waals surface area contributed by atoms with Gasteiger partial charge in [-0.05, 0) is 32.7 Å². The van der Waals surface area contributed by atoms with Crippen molar-refractivity contribution in [3.8, 4) is 0 Å². The van der Waals surface area contributed by atoms with E-state index in [1.54, 1.807) is 6.92 Å². The third-order valence-corrected chi connectivity index (χ3v) is 3.64. The van der Waals surface area contributed by atoms with E-state index in [2.05, 4.69) is 9.08 Å². The van der Waals surface area contributed by atoms with Crippen molar-refractivity contribution in [2.24, 2.45) is 5.92 Å². The van der Waals surface area contributed by atoms with Gasteiger partial charge in [0.1, 0.15) is 0 Å². The number of likely N-dealkylation sites (tertiary alicyclic amines) is 1. The average Bonchev–Trinajstić information content (AvgIpc) is 2.34. The predicted octanol–water partition coefficient (Wildman–Crippen LogP) is 0.628. The monoisotopic (exact) mass is 293 g/mol. The smallest absolute Gasteiger partial charge is 0.310 e. The van der Waals surface area contributed by atoms with E-state index in [0.717, 1.165) is 32.2 Å². The molecule has 1 atom stereocenters. The highest BCUT2D eigenvalue weighted by Gasteiger charge is 2.26. The van der Waals surface area contributed by atoms with Gasteiger partial charge in [-0.15, -0.1) is 0 Å². The van der Waals surface area contributed by atoms with E-state index in [9.17, 15) is 13.2 Å². The van der Waals surface area contributed by atoms with Gasteiger partial charge in [0.05, 0.1) is 25.4 Å². The summed E-state index contributed by atoms with van der Waals surface area (Å²) in [7, 11) is -3.35. The van der Waals surface area contributed by atoms with Crippen molar-refractivity contribution in [3.63, 3.8) is 0 Å². The van der Waals surface area contributed by atoms with Gasteiger partial charge in [0.15, 0.2) is 0 Å².